The van der Waals surface area contributed by atoms with E-state index >= 15 is 0 Å². The molecule has 3 nitrogen and oxygen atoms in total. The Morgan fingerprint density at radius 2 is 0.817 bits per heavy atom. The summed E-state index contributed by atoms with van der Waals surface area (Å²) >= 11 is 0. The van der Waals surface area contributed by atoms with Crippen LogP contribution in [0.5, 0.6) is 0 Å². The zero-order valence-electron chi connectivity index (χ0n) is 34.3. The van der Waals surface area contributed by atoms with Gasteiger partial charge in [0, 0.05) is 16.5 Å². The van der Waals surface area contributed by atoms with Crippen LogP contribution in [0.1, 0.15) is 27.7 Å². The minimum atomic E-state index is -0.444. The van der Waals surface area contributed by atoms with Gasteiger partial charge < -0.3 is 13.9 Å². The van der Waals surface area contributed by atoms with Crippen LogP contribution in [0.25, 0.3) is 93.5 Å². The first-order valence-electron chi connectivity index (χ1n) is 20.9. The van der Waals surface area contributed by atoms with Crippen molar-refractivity contribution in [1.82, 2.24) is 4.57 Å². The molecular weight excluding hydrogens is 729 g/mol. The van der Waals surface area contributed by atoms with Crippen molar-refractivity contribution in [3.8, 4) is 50.2 Å². The number of hydrogen-bond donors (Lipinski definition) is 0. The van der Waals surface area contributed by atoms with Crippen LogP contribution in [0.15, 0.2) is 194 Å². The SMILES string of the molecule is CC1(C)OB(c2ccc(-c3c(-c4ccc(-n5c6ccccc6c6c7ccccc7ccc65)cc4)c(-c4ccccc4)c4ccccc4c3-c3ccccc3)cc2)OC1(C)C. The van der Waals surface area contributed by atoms with Gasteiger partial charge in [0.2, 0.25) is 0 Å². The molecule has 60 heavy (non-hydrogen) atoms. The Balaban J connectivity index is 1.17. The van der Waals surface area contributed by atoms with E-state index in [2.05, 4.69) is 226 Å². The summed E-state index contributed by atoms with van der Waals surface area (Å²) in [5, 5.41) is 7.49. The first-order chi connectivity index (χ1) is 29.3. The zero-order chi connectivity index (χ0) is 40.6. The Labute approximate surface area is 351 Å². The van der Waals surface area contributed by atoms with E-state index in [0.29, 0.717) is 0 Å². The lowest BCUT2D eigenvalue weighted by molar-refractivity contribution is 0.00578. The smallest absolute Gasteiger partial charge is 0.399 e. The lowest BCUT2D eigenvalue weighted by atomic mass is 9.76. The molecule has 0 amide bonds. The lowest BCUT2D eigenvalue weighted by Crippen LogP contribution is -2.41. The van der Waals surface area contributed by atoms with Crippen molar-refractivity contribution in [2.75, 3.05) is 0 Å². The molecule has 1 aliphatic heterocycles. The summed E-state index contributed by atoms with van der Waals surface area (Å²) in [6.45, 7) is 8.42. The Morgan fingerprint density at radius 1 is 0.367 bits per heavy atom. The second kappa shape index (κ2) is 14.0. The molecule has 0 unspecified atom stereocenters. The van der Waals surface area contributed by atoms with Gasteiger partial charge in [-0.25, -0.2) is 0 Å². The van der Waals surface area contributed by atoms with E-state index in [4.69, 9.17) is 9.31 Å². The summed E-state index contributed by atoms with van der Waals surface area (Å²) in [5.41, 5.74) is 13.1. The van der Waals surface area contributed by atoms with Gasteiger partial charge >= 0.3 is 7.12 Å². The monoisotopic (exact) mass is 773 g/mol. The summed E-state index contributed by atoms with van der Waals surface area (Å²) in [5.74, 6) is 0. The first kappa shape index (κ1) is 36.4. The third-order valence-corrected chi connectivity index (χ3v) is 13.0. The van der Waals surface area contributed by atoms with Crippen LogP contribution in [0.4, 0.5) is 0 Å². The Morgan fingerprint density at radius 3 is 1.38 bits per heavy atom. The number of benzene rings is 9. The Hall–Kier alpha value is -6.72. The van der Waals surface area contributed by atoms with Gasteiger partial charge in [0.15, 0.2) is 0 Å². The van der Waals surface area contributed by atoms with Crippen LogP contribution in [0.2, 0.25) is 0 Å². The fraction of sp³-hybridized carbons (Fsp3) is 0.107. The summed E-state index contributed by atoms with van der Waals surface area (Å²) in [7, 11) is -0.444. The highest BCUT2D eigenvalue weighted by molar-refractivity contribution is 6.62. The highest BCUT2D eigenvalue weighted by Crippen LogP contribution is 2.51. The van der Waals surface area contributed by atoms with Crippen molar-refractivity contribution in [2.45, 2.75) is 38.9 Å². The summed E-state index contributed by atoms with van der Waals surface area (Å²) in [4.78, 5) is 0. The standard InChI is InChI=1S/C56H44BNO2/c1-55(2)56(3,4)60-57(59-55)42-32-27-40(28-33-42)52-50(38-18-7-5-8-19-38)45-23-13-14-24-46(45)51(39-20-9-6-10-21-39)53(52)41-29-34-43(35-30-41)58-48-26-16-15-25-47(48)54-44-22-12-11-17-37(44)31-36-49(54)58/h5-36H,1-4H3. The second-order valence-corrected chi connectivity index (χ2v) is 17.1. The minimum absolute atomic E-state index is 0.425. The predicted octanol–water partition coefficient (Wildman–Crippen LogP) is 14.1. The number of nitrogens with zero attached hydrogens (tertiary/aromatic N) is 1. The van der Waals surface area contributed by atoms with E-state index in [9.17, 15) is 0 Å². The average Bonchev–Trinajstić information content (AvgIpc) is 3.75. The van der Waals surface area contributed by atoms with Crippen molar-refractivity contribution in [1.29, 1.82) is 0 Å². The fourth-order valence-corrected chi connectivity index (χ4v) is 9.41. The van der Waals surface area contributed by atoms with Crippen LogP contribution in [0, 0.1) is 0 Å². The largest absolute Gasteiger partial charge is 0.494 e. The minimum Gasteiger partial charge on any atom is -0.399 e. The van der Waals surface area contributed by atoms with Crippen molar-refractivity contribution in [3.05, 3.63) is 194 Å². The van der Waals surface area contributed by atoms with Crippen molar-refractivity contribution >= 4 is 55.9 Å². The maximum absolute atomic E-state index is 6.51. The molecule has 4 heteroatoms. The molecule has 1 aliphatic rings. The molecule has 2 heterocycles. The van der Waals surface area contributed by atoms with Gasteiger partial charge in [0.05, 0.1) is 22.2 Å². The highest BCUT2D eigenvalue weighted by Gasteiger charge is 2.51. The quantitative estimate of drug-likeness (QED) is 0.157. The third-order valence-electron chi connectivity index (χ3n) is 13.0. The maximum Gasteiger partial charge on any atom is 0.494 e. The molecule has 1 saturated heterocycles. The molecule has 0 saturated carbocycles. The topological polar surface area (TPSA) is 23.4 Å². The fourth-order valence-electron chi connectivity index (χ4n) is 9.41. The van der Waals surface area contributed by atoms with Gasteiger partial charge in [-0.2, -0.15) is 0 Å². The van der Waals surface area contributed by atoms with Crippen LogP contribution in [0.3, 0.4) is 0 Å². The molecular formula is C56H44BNO2. The number of para-hydroxylation sites is 1. The van der Waals surface area contributed by atoms with E-state index in [1.165, 1.54) is 76.7 Å². The molecule has 11 rings (SSSR count). The van der Waals surface area contributed by atoms with Crippen molar-refractivity contribution in [3.63, 3.8) is 0 Å². The van der Waals surface area contributed by atoms with Gasteiger partial charge in [0.25, 0.3) is 0 Å². The normalized spacial score (nSPS) is 14.8. The second-order valence-electron chi connectivity index (χ2n) is 17.1. The maximum atomic E-state index is 6.51. The number of rotatable bonds is 6. The molecule has 0 spiro atoms. The molecule has 10 aromatic rings. The number of fused-ring (bicyclic) bond motifs is 6. The lowest BCUT2D eigenvalue weighted by Gasteiger charge is -2.32. The molecule has 0 radical (unpaired) electrons. The van der Waals surface area contributed by atoms with E-state index in [0.717, 1.165) is 22.3 Å². The highest BCUT2D eigenvalue weighted by atomic mass is 16.7. The van der Waals surface area contributed by atoms with E-state index < -0.39 is 18.3 Å². The van der Waals surface area contributed by atoms with Crippen LogP contribution >= 0.6 is 0 Å². The first-order valence-corrected chi connectivity index (χ1v) is 20.9. The molecule has 0 atom stereocenters. The Bertz CT molecular complexity index is 3220. The van der Waals surface area contributed by atoms with Gasteiger partial charge in [0.1, 0.15) is 0 Å². The van der Waals surface area contributed by atoms with Gasteiger partial charge in [-0.1, -0.05) is 170 Å². The van der Waals surface area contributed by atoms with Crippen LogP contribution in [-0.4, -0.2) is 22.9 Å². The van der Waals surface area contributed by atoms with E-state index in [1.807, 2.05) is 0 Å². The molecule has 0 bridgehead atoms. The molecule has 0 aliphatic carbocycles. The average molecular weight is 774 g/mol. The molecule has 9 aromatic carbocycles. The zero-order valence-corrected chi connectivity index (χ0v) is 34.3. The van der Waals surface area contributed by atoms with Gasteiger partial charge in [-0.3, -0.25) is 0 Å². The van der Waals surface area contributed by atoms with Crippen LogP contribution < -0.4 is 5.46 Å². The Kier molecular flexibility index (Phi) is 8.46. The van der Waals surface area contributed by atoms with Crippen molar-refractivity contribution < 1.29 is 9.31 Å². The van der Waals surface area contributed by atoms with Crippen LogP contribution in [-0.2, 0) is 9.31 Å². The van der Waals surface area contributed by atoms with E-state index in [1.54, 1.807) is 0 Å². The molecule has 288 valence electrons. The molecule has 1 fully saturated rings. The number of aromatic nitrogens is 1. The van der Waals surface area contributed by atoms with Crippen molar-refractivity contribution in [2.24, 2.45) is 0 Å². The van der Waals surface area contributed by atoms with Gasteiger partial charge in [-0.05, 0) is 123 Å². The molecule has 1 aromatic heterocycles. The summed E-state index contributed by atoms with van der Waals surface area (Å²) < 4.78 is 15.4. The predicted molar refractivity (Wildman–Crippen MR) is 253 cm³/mol. The molecule has 0 N–H and O–H groups in total. The summed E-state index contributed by atoms with van der Waals surface area (Å²) in [6.07, 6.45) is 0. The summed E-state index contributed by atoms with van der Waals surface area (Å²) in [6, 6.07) is 70.8. The number of hydrogen-bond acceptors (Lipinski definition) is 2. The van der Waals surface area contributed by atoms with E-state index in [-0.39, 0.29) is 0 Å². The van der Waals surface area contributed by atoms with Gasteiger partial charge in [-0.15, -0.1) is 0 Å². The third kappa shape index (κ3) is 5.74.